The Balaban J connectivity index is 1.76. The minimum atomic E-state index is 0.0303. The van der Waals surface area contributed by atoms with Crippen LogP contribution in [0.1, 0.15) is 21.6 Å². The Hall–Kier alpha value is -2.62. The van der Waals surface area contributed by atoms with Crippen LogP contribution in [0.15, 0.2) is 48.8 Å². The van der Waals surface area contributed by atoms with Crippen molar-refractivity contribution in [2.24, 2.45) is 0 Å². The van der Waals surface area contributed by atoms with Crippen molar-refractivity contribution in [3.8, 4) is 0 Å². The van der Waals surface area contributed by atoms with Gasteiger partial charge in [0.1, 0.15) is 5.69 Å². The third-order valence-corrected chi connectivity index (χ3v) is 4.01. The van der Waals surface area contributed by atoms with Crippen molar-refractivity contribution in [2.45, 2.75) is 13.3 Å². The number of aromatic nitrogens is 2. The zero-order valence-electron chi connectivity index (χ0n) is 12.8. The van der Waals surface area contributed by atoms with Crippen LogP contribution in [0, 0.1) is 6.92 Å². The molecule has 0 saturated carbocycles. The lowest BCUT2D eigenvalue weighted by Crippen LogP contribution is -2.29. The molecule has 22 heavy (non-hydrogen) atoms. The molecule has 0 bridgehead atoms. The average molecular weight is 293 g/mol. The molecule has 3 aromatic rings. The number of aryl methyl sites for hydroxylation is 1. The maximum Gasteiger partial charge on any atom is 0.270 e. The number of carbonyl (C=O) groups excluding carboxylic acids is 1. The summed E-state index contributed by atoms with van der Waals surface area (Å²) in [5.41, 5.74) is 3.88. The van der Waals surface area contributed by atoms with Crippen molar-refractivity contribution < 1.29 is 4.79 Å². The van der Waals surface area contributed by atoms with E-state index in [9.17, 15) is 4.79 Å². The van der Waals surface area contributed by atoms with Gasteiger partial charge in [-0.3, -0.25) is 9.78 Å². The van der Waals surface area contributed by atoms with Crippen LogP contribution in [0.2, 0.25) is 0 Å². The summed E-state index contributed by atoms with van der Waals surface area (Å²) in [6.45, 7) is 2.67. The lowest BCUT2D eigenvalue weighted by atomic mass is 10.1. The van der Waals surface area contributed by atoms with Gasteiger partial charge in [0.05, 0.1) is 0 Å². The summed E-state index contributed by atoms with van der Waals surface area (Å²) in [5, 5.41) is 1.10. The molecule has 0 atom stereocenters. The smallest absolute Gasteiger partial charge is 0.270 e. The fraction of sp³-hybridized carbons (Fsp3) is 0.222. The Morgan fingerprint density at radius 3 is 2.64 bits per heavy atom. The Kier molecular flexibility index (Phi) is 3.92. The molecule has 112 valence electrons. The van der Waals surface area contributed by atoms with E-state index in [0.717, 1.165) is 22.9 Å². The van der Waals surface area contributed by atoms with Gasteiger partial charge in [0, 0.05) is 36.9 Å². The van der Waals surface area contributed by atoms with Crippen molar-refractivity contribution in [3.05, 3.63) is 65.6 Å². The number of benzene rings is 1. The summed E-state index contributed by atoms with van der Waals surface area (Å²) >= 11 is 0. The first kappa shape index (κ1) is 14.3. The van der Waals surface area contributed by atoms with Gasteiger partial charge in [-0.15, -0.1) is 0 Å². The highest BCUT2D eigenvalue weighted by molar-refractivity contribution is 6.00. The number of amides is 1. The van der Waals surface area contributed by atoms with Crippen LogP contribution in [0.4, 0.5) is 0 Å². The maximum absolute atomic E-state index is 12.6. The molecule has 0 fully saturated rings. The molecule has 0 unspecified atom stereocenters. The van der Waals surface area contributed by atoms with Crippen LogP contribution in [-0.2, 0) is 6.42 Å². The molecule has 4 nitrogen and oxygen atoms in total. The summed E-state index contributed by atoms with van der Waals surface area (Å²) in [7, 11) is 1.84. The second-order valence-corrected chi connectivity index (χ2v) is 5.50. The van der Waals surface area contributed by atoms with Gasteiger partial charge in [0.25, 0.3) is 5.91 Å². The van der Waals surface area contributed by atoms with Crippen molar-refractivity contribution in [2.75, 3.05) is 13.6 Å². The molecule has 2 heterocycles. The number of carbonyl (C=O) groups is 1. The number of rotatable bonds is 4. The maximum atomic E-state index is 12.6. The SMILES string of the molecule is Cc1c(C(=O)N(C)CCc2ccncc2)[nH]c2ccccc12. The lowest BCUT2D eigenvalue weighted by Gasteiger charge is -2.17. The first-order chi connectivity index (χ1) is 10.7. The molecular weight excluding hydrogens is 274 g/mol. The number of hydrogen-bond donors (Lipinski definition) is 1. The standard InChI is InChI=1S/C18H19N3O/c1-13-15-5-3-4-6-16(15)20-17(13)18(22)21(2)12-9-14-7-10-19-11-8-14/h3-8,10-11,20H,9,12H2,1-2H3. The Bertz CT molecular complexity index is 792. The molecule has 1 N–H and O–H groups in total. The monoisotopic (exact) mass is 293 g/mol. The van der Waals surface area contributed by atoms with Gasteiger partial charge >= 0.3 is 0 Å². The number of pyridine rings is 1. The van der Waals surface area contributed by atoms with Gasteiger partial charge in [-0.25, -0.2) is 0 Å². The van der Waals surface area contributed by atoms with Gasteiger partial charge in [-0.05, 0) is 42.7 Å². The third-order valence-electron chi connectivity index (χ3n) is 4.01. The summed E-state index contributed by atoms with van der Waals surface area (Å²) in [4.78, 5) is 21.6. The molecule has 1 amide bonds. The fourth-order valence-electron chi connectivity index (χ4n) is 2.63. The molecule has 0 aliphatic carbocycles. The van der Waals surface area contributed by atoms with Gasteiger partial charge in [-0.1, -0.05) is 18.2 Å². The van der Waals surface area contributed by atoms with E-state index in [0.29, 0.717) is 12.2 Å². The largest absolute Gasteiger partial charge is 0.350 e. The Labute approximate surface area is 129 Å². The minimum Gasteiger partial charge on any atom is -0.350 e. The summed E-state index contributed by atoms with van der Waals surface area (Å²) in [6.07, 6.45) is 4.38. The zero-order valence-corrected chi connectivity index (χ0v) is 12.8. The number of hydrogen-bond acceptors (Lipinski definition) is 2. The second-order valence-electron chi connectivity index (χ2n) is 5.50. The minimum absolute atomic E-state index is 0.0303. The lowest BCUT2D eigenvalue weighted by molar-refractivity contribution is 0.0791. The number of aromatic amines is 1. The van der Waals surface area contributed by atoms with E-state index in [4.69, 9.17) is 0 Å². The molecule has 2 aromatic heterocycles. The summed E-state index contributed by atoms with van der Waals surface area (Å²) in [5.74, 6) is 0.0303. The Morgan fingerprint density at radius 1 is 1.18 bits per heavy atom. The van der Waals surface area contributed by atoms with Crippen molar-refractivity contribution >= 4 is 16.8 Å². The topological polar surface area (TPSA) is 49.0 Å². The number of H-pyrrole nitrogens is 1. The van der Waals surface area contributed by atoms with Crippen LogP contribution < -0.4 is 0 Å². The Morgan fingerprint density at radius 2 is 1.91 bits per heavy atom. The summed E-state index contributed by atoms with van der Waals surface area (Å²) in [6, 6.07) is 12.0. The van der Waals surface area contributed by atoms with E-state index in [1.165, 1.54) is 5.56 Å². The molecule has 3 rings (SSSR count). The summed E-state index contributed by atoms with van der Waals surface area (Å²) < 4.78 is 0. The van der Waals surface area contributed by atoms with Crippen molar-refractivity contribution in [1.82, 2.24) is 14.9 Å². The van der Waals surface area contributed by atoms with Crippen LogP contribution in [0.3, 0.4) is 0 Å². The average Bonchev–Trinajstić information content (AvgIpc) is 2.90. The molecule has 0 aliphatic heterocycles. The molecular formula is C18H19N3O. The van der Waals surface area contributed by atoms with Crippen molar-refractivity contribution in [1.29, 1.82) is 0 Å². The molecule has 0 radical (unpaired) electrons. The highest BCUT2D eigenvalue weighted by atomic mass is 16.2. The predicted octanol–water partition coefficient (Wildman–Crippen LogP) is 3.19. The quantitative estimate of drug-likeness (QED) is 0.803. The van der Waals surface area contributed by atoms with E-state index in [1.807, 2.05) is 50.4 Å². The van der Waals surface area contributed by atoms with Crippen molar-refractivity contribution in [3.63, 3.8) is 0 Å². The van der Waals surface area contributed by atoms with Gasteiger partial charge in [-0.2, -0.15) is 0 Å². The highest BCUT2D eigenvalue weighted by Gasteiger charge is 2.17. The molecule has 1 aromatic carbocycles. The fourth-order valence-corrected chi connectivity index (χ4v) is 2.63. The number of nitrogens with one attached hydrogen (secondary N) is 1. The van der Waals surface area contributed by atoms with Crippen LogP contribution >= 0.6 is 0 Å². The van der Waals surface area contributed by atoms with E-state index in [2.05, 4.69) is 9.97 Å². The van der Waals surface area contributed by atoms with Gasteiger partial charge < -0.3 is 9.88 Å². The number of fused-ring (bicyclic) bond motifs is 1. The van der Waals surface area contributed by atoms with E-state index in [1.54, 1.807) is 17.3 Å². The van der Waals surface area contributed by atoms with E-state index < -0.39 is 0 Å². The first-order valence-corrected chi connectivity index (χ1v) is 7.38. The molecule has 4 heteroatoms. The third kappa shape index (κ3) is 2.72. The molecule has 0 spiro atoms. The first-order valence-electron chi connectivity index (χ1n) is 7.38. The zero-order chi connectivity index (χ0) is 15.5. The highest BCUT2D eigenvalue weighted by Crippen LogP contribution is 2.22. The van der Waals surface area contributed by atoms with Crippen LogP contribution in [0.5, 0.6) is 0 Å². The number of likely N-dealkylation sites (N-methyl/N-ethyl adjacent to an activating group) is 1. The van der Waals surface area contributed by atoms with Gasteiger partial charge in [0.15, 0.2) is 0 Å². The second kappa shape index (κ2) is 6.02. The van der Waals surface area contributed by atoms with E-state index in [-0.39, 0.29) is 5.91 Å². The number of nitrogens with zero attached hydrogens (tertiary/aromatic N) is 2. The number of para-hydroxylation sites is 1. The molecule has 0 aliphatic rings. The predicted molar refractivity (Wildman–Crippen MR) is 87.9 cm³/mol. The normalized spacial score (nSPS) is 10.8. The van der Waals surface area contributed by atoms with Crippen LogP contribution in [0.25, 0.3) is 10.9 Å². The van der Waals surface area contributed by atoms with Gasteiger partial charge in [0.2, 0.25) is 0 Å². The van der Waals surface area contributed by atoms with Crippen LogP contribution in [-0.4, -0.2) is 34.4 Å². The van der Waals surface area contributed by atoms with E-state index >= 15 is 0 Å². The molecule has 0 saturated heterocycles.